The predicted octanol–water partition coefficient (Wildman–Crippen LogP) is 7.54. The van der Waals surface area contributed by atoms with Crippen molar-refractivity contribution < 1.29 is 14.7 Å². The summed E-state index contributed by atoms with van der Waals surface area (Å²) < 4.78 is 2.46. The summed E-state index contributed by atoms with van der Waals surface area (Å²) in [7, 11) is 0. The van der Waals surface area contributed by atoms with Crippen LogP contribution in [0.2, 0.25) is 0 Å². The summed E-state index contributed by atoms with van der Waals surface area (Å²) in [6.07, 6.45) is 7.74. The summed E-state index contributed by atoms with van der Waals surface area (Å²) in [6.45, 7) is 6.57. The van der Waals surface area contributed by atoms with Gasteiger partial charge in [-0.2, -0.15) is 0 Å². The van der Waals surface area contributed by atoms with Gasteiger partial charge in [0.25, 0.3) is 0 Å². The van der Waals surface area contributed by atoms with Crippen LogP contribution in [0, 0.1) is 17.8 Å². The van der Waals surface area contributed by atoms with Gasteiger partial charge in [-0.25, -0.2) is 4.98 Å². The third-order valence-electron chi connectivity index (χ3n) is 8.02. The first-order valence-corrected chi connectivity index (χ1v) is 14.0. The Kier molecular flexibility index (Phi) is 8.42. The minimum Gasteiger partial charge on any atom is -0.481 e. The van der Waals surface area contributed by atoms with Crippen LogP contribution in [-0.4, -0.2) is 26.4 Å². The maximum atomic E-state index is 13.3. The maximum Gasteiger partial charge on any atom is 0.303 e. The van der Waals surface area contributed by atoms with Crippen molar-refractivity contribution in [3.8, 4) is 0 Å². The van der Waals surface area contributed by atoms with Crippen LogP contribution < -0.4 is 0 Å². The molecule has 3 aromatic rings. The van der Waals surface area contributed by atoms with Crippen molar-refractivity contribution in [3.05, 3.63) is 52.0 Å². The number of ketones is 1. The van der Waals surface area contributed by atoms with Crippen molar-refractivity contribution in [2.75, 3.05) is 0 Å². The van der Waals surface area contributed by atoms with Gasteiger partial charge in [0.15, 0.2) is 5.78 Å². The van der Waals surface area contributed by atoms with Gasteiger partial charge < -0.3 is 9.67 Å². The molecule has 0 unspecified atom stereocenters. The van der Waals surface area contributed by atoms with E-state index in [1.54, 1.807) is 11.3 Å². The molecular weight excluding hydrogens is 456 g/mol. The van der Waals surface area contributed by atoms with Gasteiger partial charge in [0.1, 0.15) is 5.82 Å². The average Bonchev–Trinajstić information content (AvgIpc) is 3.48. The van der Waals surface area contributed by atoms with E-state index in [2.05, 4.69) is 48.9 Å². The zero-order valence-corrected chi connectivity index (χ0v) is 22.0. The molecule has 0 aliphatic heterocycles. The van der Waals surface area contributed by atoms with E-state index in [1.807, 2.05) is 12.1 Å². The highest BCUT2D eigenvalue weighted by molar-refractivity contribution is 7.09. The first-order chi connectivity index (χ1) is 16.9. The van der Waals surface area contributed by atoms with Gasteiger partial charge in [0, 0.05) is 35.7 Å². The number of imidazole rings is 1. The molecule has 0 saturated heterocycles. The number of carboxylic acids is 1. The van der Waals surface area contributed by atoms with Crippen molar-refractivity contribution in [2.45, 2.75) is 84.6 Å². The largest absolute Gasteiger partial charge is 0.481 e. The molecule has 1 fully saturated rings. The van der Waals surface area contributed by atoms with Crippen molar-refractivity contribution >= 4 is 34.1 Å². The Bertz CT molecular complexity index is 1150. The van der Waals surface area contributed by atoms with E-state index < -0.39 is 5.97 Å². The number of carboxylic acid groups (broad SMARTS) is 1. The minimum absolute atomic E-state index is 0.0781. The van der Waals surface area contributed by atoms with Crippen LogP contribution in [0.1, 0.15) is 99.2 Å². The Balaban J connectivity index is 1.64. The number of hydrogen-bond donors (Lipinski definition) is 1. The number of rotatable bonds is 11. The van der Waals surface area contributed by atoms with Crippen molar-refractivity contribution in [1.29, 1.82) is 0 Å². The number of carbonyl (C=O) groups excluding carboxylic acids is 1. The number of hydrogen-bond acceptors (Lipinski definition) is 4. The van der Waals surface area contributed by atoms with E-state index in [-0.39, 0.29) is 18.1 Å². The molecule has 4 atom stereocenters. The fourth-order valence-corrected chi connectivity index (χ4v) is 6.35. The van der Waals surface area contributed by atoms with Crippen LogP contribution >= 0.6 is 11.3 Å². The van der Waals surface area contributed by atoms with Gasteiger partial charge in [-0.3, -0.25) is 9.59 Å². The van der Waals surface area contributed by atoms with E-state index >= 15 is 0 Å². The normalized spacial score (nSPS) is 20.1. The zero-order chi connectivity index (χ0) is 24.9. The predicted molar refractivity (Wildman–Crippen MR) is 142 cm³/mol. The van der Waals surface area contributed by atoms with Gasteiger partial charge >= 0.3 is 5.97 Å². The second-order valence-corrected chi connectivity index (χ2v) is 11.4. The van der Waals surface area contributed by atoms with E-state index in [4.69, 9.17) is 10.1 Å². The fraction of sp³-hybridized carbons (Fsp3) is 0.552. The summed E-state index contributed by atoms with van der Waals surface area (Å²) >= 11 is 1.76. The van der Waals surface area contributed by atoms with E-state index in [9.17, 15) is 9.59 Å². The monoisotopic (exact) mass is 494 g/mol. The molecule has 0 spiro atoms. The van der Waals surface area contributed by atoms with Crippen molar-refractivity contribution in [2.24, 2.45) is 17.8 Å². The SMILES string of the molecule is CC[C@H](C)[C@@H](CCC(=O)O)CC(=O)c1ccc2c(c1)nc(Cc1cccs1)n2[C@@H]1CCCC[C@H]1C. The topological polar surface area (TPSA) is 72.2 Å². The summed E-state index contributed by atoms with van der Waals surface area (Å²) in [5, 5.41) is 11.2. The van der Waals surface area contributed by atoms with E-state index in [0.717, 1.165) is 29.7 Å². The molecule has 0 amide bonds. The Morgan fingerprint density at radius 1 is 1.23 bits per heavy atom. The summed E-state index contributed by atoms with van der Waals surface area (Å²) in [4.78, 5) is 30.8. The molecule has 188 valence electrons. The zero-order valence-electron chi connectivity index (χ0n) is 21.2. The number of benzene rings is 1. The third kappa shape index (κ3) is 6.03. The molecule has 6 heteroatoms. The van der Waals surface area contributed by atoms with Crippen molar-refractivity contribution in [3.63, 3.8) is 0 Å². The third-order valence-corrected chi connectivity index (χ3v) is 8.90. The first kappa shape index (κ1) is 25.6. The summed E-state index contributed by atoms with van der Waals surface area (Å²) in [5.74, 6) is 1.37. The molecule has 5 nitrogen and oxygen atoms in total. The summed E-state index contributed by atoms with van der Waals surface area (Å²) in [5.41, 5.74) is 2.70. The van der Waals surface area contributed by atoms with Crippen LogP contribution in [0.15, 0.2) is 35.7 Å². The lowest BCUT2D eigenvalue weighted by Crippen LogP contribution is -2.23. The van der Waals surface area contributed by atoms with Crippen LogP contribution in [-0.2, 0) is 11.2 Å². The Morgan fingerprint density at radius 3 is 2.71 bits per heavy atom. The summed E-state index contributed by atoms with van der Waals surface area (Å²) in [6, 6.07) is 10.7. The van der Waals surface area contributed by atoms with Gasteiger partial charge in [-0.15, -0.1) is 11.3 Å². The number of aliphatic carboxylic acids is 1. The number of nitrogens with zero attached hydrogens (tertiary/aromatic N) is 2. The molecule has 1 N–H and O–H groups in total. The van der Waals surface area contributed by atoms with Crippen LogP contribution in [0.3, 0.4) is 0 Å². The van der Waals surface area contributed by atoms with Crippen LogP contribution in [0.25, 0.3) is 11.0 Å². The van der Waals surface area contributed by atoms with Gasteiger partial charge in [0.05, 0.1) is 11.0 Å². The number of Topliss-reactive ketones (excluding diaryl/α,β-unsaturated/α-hetero) is 1. The number of carbonyl (C=O) groups is 2. The number of fused-ring (bicyclic) bond motifs is 1. The lowest BCUT2D eigenvalue weighted by atomic mass is 9.83. The molecular formula is C29H38N2O3S. The highest BCUT2D eigenvalue weighted by Crippen LogP contribution is 2.38. The van der Waals surface area contributed by atoms with Gasteiger partial charge in [0.2, 0.25) is 0 Å². The minimum atomic E-state index is -0.798. The second kappa shape index (κ2) is 11.5. The first-order valence-electron chi connectivity index (χ1n) is 13.2. The quantitative estimate of drug-likeness (QED) is 0.279. The highest BCUT2D eigenvalue weighted by Gasteiger charge is 2.28. The molecule has 4 rings (SSSR count). The molecule has 0 radical (unpaired) electrons. The molecule has 35 heavy (non-hydrogen) atoms. The smallest absolute Gasteiger partial charge is 0.303 e. The lowest BCUT2D eigenvalue weighted by molar-refractivity contribution is -0.137. The second-order valence-electron chi connectivity index (χ2n) is 10.4. The highest BCUT2D eigenvalue weighted by atomic mass is 32.1. The standard InChI is InChI=1S/C29H38N2O3S/c1-4-19(2)21(12-14-29(33)34)17-27(32)22-11-13-26-24(16-22)30-28(18-23-9-7-15-35-23)31(26)25-10-6-5-8-20(25)3/h7,9,11,13,15-16,19-21,25H,4-6,8,10,12,14,17-18H2,1-3H3,(H,33,34)/t19-,20+,21-,25+/m0/s1. The Morgan fingerprint density at radius 2 is 2.03 bits per heavy atom. The molecule has 1 aliphatic carbocycles. The molecule has 1 saturated carbocycles. The molecule has 1 aliphatic rings. The number of thiophene rings is 1. The van der Waals surface area contributed by atoms with Gasteiger partial charge in [-0.05, 0) is 66.7 Å². The average molecular weight is 495 g/mol. The molecule has 0 bridgehead atoms. The molecule has 1 aromatic carbocycles. The lowest BCUT2D eigenvalue weighted by Gasteiger charge is -2.31. The molecule has 2 heterocycles. The number of aromatic nitrogens is 2. The van der Waals surface area contributed by atoms with Crippen LogP contribution in [0.4, 0.5) is 0 Å². The maximum absolute atomic E-state index is 13.3. The fourth-order valence-electron chi connectivity index (χ4n) is 5.65. The van der Waals surface area contributed by atoms with Crippen LogP contribution in [0.5, 0.6) is 0 Å². The van der Waals surface area contributed by atoms with Crippen molar-refractivity contribution in [1.82, 2.24) is 9.55 Å². The van der Waals surface area contributed by atoms with E-state index in [1.165, 1.54) is 30.6 Å². The van der Waals surface area contributed by atoms with E-state index in [0.29, 0.717) is 36.3 Å². The van der Waals surface area contributed by atoms with Gasteiger partial charge in [-0.1, -0.05) is 46.1 Å². The Hall–Kier alpha value is -2.47. The molecule has 2 aromatic heterocycles. The Labute approximate surface area is 212 Å².